The lowest BCUT2D eigenvalue weighted by molar-refractivity contribution is -0.114. The van der Waals surface area contributed by atoms with Crippen LogP contribution in [0, 0.1) is 0 Å². The van der Waals surface area contributed by atoms with Crippen LogP contribution in [-0.2, 0) is 4.79 Å². The monoisotopic (exact) mass is 434 g/mol. The van der Waals surface area contributed by atoms with Crippen LogP contribution in [0.4, 0.5) is 5.69 Å². The number of hydrogen-bond acceptors (Lipinski definition) is 5. The number of carboxylic acid groups (broad SMARTS) is 1. The van der Waals surface area contributed by atoms with Crippen LogP contribution in [0.3, 0.4) is 0 Å². The number of benzene rings is 2. The lowest BCUT2D eigenvalue weighted by atomic mass is 10.1. The van der Waals surface area contributed by atoms with Gasteiger partial charge < -0.3 is 14.9 Å². The maximum absolute atomic E-state index is 12.9. The molecule has 1 amide bonds. The minimum atomic E-state index is -1.21. The molecule has 29 heavy (non-hydrogen) atoms. The number of anilines is 1. The first kappa shape index (κ1) is 20.7. The number of nitrogens with zero attached hydrogens (tertiary/aromatic N) is 2. The third-order valence-electron chi connectivity index (χ3n) is 4.15. The summed E-state index contributed by atoms with van der Waals surface area (Å²) in [6.07, 6.45) is 1.57. The van der Waals surface area contributed by atoms with Gasteiger partial charge in [-0.15, -0.1) is 0 Å². The van der Waals surface area contributed by atoms with Crippen LogP contribution in [0.15, 0.2) is 41.0 Å². The number of amides is 1. The molecule has 150 valence electrons. The Morgan fingerprint density at radius 3 is 2.62 bits per heavy atom. The van der Waals surface area contributed by atoms with Crippen molar-refractivity contribution >= 4 is 52.6 Å². The summed E-state index contributed by atoms with van der Waals surface area (Å²) < 4.78 is 5.36. The summed E-state index contributed by atoms with van der Waals surface area (Å²) in [7, 11) is 0. The number of rotatable bonds is 5. The molecule has 0 aliphatic carbocycles. The van der Waals surface area contributed by atoms with Crippen LogP contribution in [0.1, 0.15) is 29.8 Å². The lowest BCUT2D eigenvalue weighted by Gasteiger charge is -2.13. The van der Waals surface area contributed by atoms with Crippen LogP contribution in [0.25, 0.3) is 6.08 Å². The number of carbonyl (C=O) groups is 2. The van der Waals surface area contributed by atoms with Crippen molar-refractivity contribution in [2.45, 2.75) is 13.8 Å². The predicted molar refractivity (Wildman–Crippen MR) is 111 cm³/mol. The van der Waals surface area contributed by atoms with Gasteiger partial charge in [0, 0.05) is 0 Å². The van der Waals surface area contributed by atoms with Crippen molar-refractivity contribution < 1.29 is 24.5 Å². The second-order valence-corrected chi connectivity index (χ2v) is 6.93. The molecule has 7 nitrogen and oxygen atoms in total. The van der Waals surface area contributed by atoms with Gasteiger partial charge in [-0.1, -0.05) is 23.2 Å². The van der Waals surface area contributed by atoms with Gasteiger partial charge in [0.05, 0.1) is 39.2 Å². The molecule has 2 N–H and O–H groups in total. The van der Waals surface area contributed by atoms with E-state index in [-0.39, 0.29) is 32.8 Å². The van der Waals surface area contributed by atoms with Crippen LogP contribution in [-0.4, -0.2) is 34.4 Å². The average molecular weight is 435 g/mol. The van der Waals surface area contributed by atoms with Gasteiger partial charge in [0.15, 0.2) is 11.5 Å². The molecule has 0 saturated carbocycles. The van der Waals surface area contributed by atoms with Crippen molar-refractivity contribution in [1.29, 1.82) is 0 Å². The van der Waals surface area contributed by atoms with Gasteiger partial charge in [0.2, 0.25) is 0 Å². The fourth-order valence-electron chi connectivity index (χ4n) is 2.78. The van der Waals surface area contributed by atoms with Gasteiger partial charge in [-0.3, -0.25) is 4.79 Å². The van der Waals surface area contributed by atoms with Crippen molar-refractivity contribution in [3.8, 4) is 11.5 Å². The molecule has 0 aromatic heterocycles. The van der Waals surface area contributed by atoms with Crippen LogP contribution < -0.4 is 9.75 Å². The molecule has 0 radical (unpaired) electrons. The maximum atomic E-state index is 12.9. The first-order valence-electron chi connectivity index (χ1n) is 8.52. The minimum Gasteiger partial charge on any atom is -0.503 e. The Morgan fingerprint density at radius 1 is 1.24 bits per heavy atom. The number of phenolic OH excluding ortho intramolecular Hbond substituents is 1. The summed E-state index contributed by atoms with van der Waals surface area (Å²) in [5.41, 5.74) is 1.41. The molecule has 3 rings (SSSR count). The zero-order valence-corrected chi connectivity index (χ0v) is 17.0. The largest absolute Gasteiger partial charge is 0.503 e. The fourth-order valence-corrected chi connectivity index (χ4v) is 3.20. The van der Waals surface area contributed by atoms with E-state index >= 15 is 0 Å². The summed E-state index contributed by atoms with van der Waals surface area (Å²) in [5.74, 6) is -1.62. The molecule has 1 aliphatic rings. The number of carboxylic acids is 1. The summed E-state index contributed by atoms with van der Waals surface area (Å²) in [6, 6.07) is 7.25. The van der Waals surface area contributed by atoms with E-state index in [1.165, 1.54) is 24.3 Å². The number of hydrogen-bond donors (Lipinski definition) is 2. The van der Waals surface area contributed by atoms with E-state index in [9.17, 15) is 19.8 Å². The molecular weight excluding hydrogens is 419 g/mol. The normalized spacial score (nSPS) is 15.0. The first-order chi connectivity index (χ1) is 13.7. The molecule has 0 unspecified atom stereocenters. The molecule has 0 spiro atoms. The molecule has 0 fully saturated rings. The zero-order chi connectivity index (χ0) is 21.3. The Morgan fingerprint density at radius 2 is 1.97 bits per heavy atom. The zero-order valence-electron chi connectivity index (χ0n) is 15.4. The molecule has 0 atom stereocenters. The van der Waals surface area contributed by atoms with Gasteiger partial charge in [-0.05, 0) is 55.8 Å². The van der Waals surface area contributed by atoms with E-state index in [0.717, 1.165) is 5.01 Å². The van der Waals surface area contributed by atoms with Crippen molar-refractivity contribution in [2.75, 3.05) is 11.6 Å². The van der Waals surface area contributed by atoms with Gasteiger partial charge in [0.1, 0.15) is 0 Å². The number of halogens is 2. The Balaban J connectivity index is 1.99. The Bertz CT molecular complexity index is 1080. The maximum Gasteiger partial charge on any atom is 0.337 e. The van der Waals surface area contributed by atoms with Gasteiger partial charge in [0.25, 0.3) is 5.91 Å². The number of carbonyl (C=O) groups excluding carboxylic acids is 1. The standard InChI is InChI=1S/C20H16Cl2N2O5/c1-3-29-17-8-11(7-16(22)18(17)25)6-13-10(2)23-24(19(13)26)12-4-5-15(21)14(9-12)20(27)28/h4-9,25H,3H2,1-2H3,(H,27,28)/b13-6-. The Kier molecular flexibility index (Phi) is 5.81. The van der Waals surface area contributed by atoms with Crippen LogP contribution in [0.2, 0.25) is 10.0 Å². The quantitative estimate of drug-likeness (QED) is 0.669. The summed E-state index contributed by atoms with van der Waals surface area (Å²) in [6.45, 7) is 3.76. The van der Waals surface area contributed by atoms with Crippen molar-refractivity contribution in [1.82, 2.24) is 0 Å². The second-order valence-electron chi connectivity index (χ2n) is 6.11. The van der Waals surface area contributed by atoms with Gasteiger partial charge in [-0.2, -0.15) is 10.1 Å². The van der Waals surface area contributed by atoms with E-state index in [0.29, 0.717) is 23.5 Å². The summed E-state index contributed by atoms with van der Waals surface area (Å²) in [5, 5.41) is 24.7. The minimum absolute atomic E-state index is 0.0616. The molecule has 2 aromatic rings. The number of phenols is 1. The summed E-state index contributed by atoms with van der Waals surface area (Å²) >= 11 is 11.9. The first-order valence-corrected chi connectivity index (χ1v) is 9.28. The highest BCUT2D eigenvalue weighted by molar-refractivity contribution is 6.35. The SMILES string of the molecule is CCOc1cc(/C=C2\C(=O)N(c3ccc(Cl)c(C(=O)O)c3)N=C2C)cc(Cl)c1O. The highest BCUT2D eigenvalue weighted by atomic mass is 35.5. The molecule has 0 bridgehead atoms. The molecule has 1 heterocycles. The Labute approximate surface area is 176 Å². The van der Waals surface area contributed by atoms with E-state index < -0.39 is 11.9 Å². The highest BCUT2D eigenvalue weighted by Gasteiger charge is 2.29. The summed E-state index contributed by atoms with van der Waals surface area (Å²) in [4.78, 5) is 24.2. The van der Waals surface area contributed by atoms with Gasteiger partial charge >= 0.3 is 5.97 Å². The third kappa shape index (κ3) is 4.06. The van der Waals surface area contributed by atoms with Crippen LogP contribution in [0.5, 0.6) is 11.5 Å². The van der Waals surface area contributed by atoms with E-state index in [1.807, 2.05) is 0 Å². The lowest BCUT2D eigenvalue weighted by Crippen LogP contribution is -2.21. The van der Waals surface area contributed by atoms with E-state index in [4.69, 9.17) is 27.9 Å². The third-order valence-corrected chi connectivity index (χ3v) is 4.77. The smallest absolute Gasteiger partial charge is 0.337 e. The number of aromatic hydroxyl groups is 1. The average Bonchev–Trinajstić information content (AvgIpc) is 2.94. The Hall–Kier alpha value is -3.03. The van der Waals surface area contributed by atoms with E-state index in [1.54, 1.807) is 26.0 Å². The molecule has 2 aromatic carbocycles. The van der Waals surface area contributed by atoms with Crippen molar-refractivity contribution in [2.24, 2.45) is 5.10 Å². The van der Waals surface area contributed by atoms with Crippen molar-refractivity contribution in [3.05, 3.63) is 57.1 Å². The molecular formula is C20H16Cl2N2O5. The van der Waals surface area contributed by atoms with E-state index in [2.05, 4.69) is 5.10 Å². The molecule has 1 aliphatic heterocycles. The number of aromatic carboxylic acids is 1. The molecule has 0 saturated heterocycles. The second kappa shape index (κ2) is 8.14. The topological polar surface area (TPSA) is 99.4 Å². The van der Waals surface area contributed by atoms with Crippen LogP contribution >= 0.6 is 23.2 Å². The highest BCUT2D eigenvalue weighted by Crippen LogP contribution is 2.36. The van der Waals surface area contributed by atoms with Gasteiger partial charge in [-0.25, -0.2) is 4.79 Å². The predicted octanol–water partition coefficient (Wildman–Crippen LogP) is 4.60. The van der Waals surface area contributed by atoms with Crippen molar-refractivity contribution in [3.63, 3.8) is 0 Å². The molecule has 9 heteroatoms. The fraction of sp³-hybridized carbons (Fsp3) is 0.150. The number of ether oxygens (including phenoxy) is 1. The number of hydrazone groups is 1.